The van der Waals surface area contributed by atoms with Crippen LogP contribution in [0.1, 0.15) is 36.7 Å². The van der Waals surface area contributed by atoms with E-state index >= 15 is 0 Å². The molecule has 0 amide bonds. The first-order valence-corrected chi connectivity index (χ1v) is 10.0. The Morgan fingerprint density at radius 1 is 1.10 bits per heavy atom. The lowest BCUT2D eigenvalue weighted by atomic mass is 9.75. The Balaban J connectivity index is 1.55. The lowest BCUT2D eigenvalue weighted by Crippen LogP contribution is -2.43. The van der Waals surface area contributed by atoms with Crippen molar-refractivity contribution in [2.24, 2.45) is 5.73 Å². The van der Waals surface area contributed by atoms with E-state index in [4.69, 9.17) is 5.73 Å². The fraction of sp³-hybridized carbons (Fsp3) is 0.261. The van der Waals surface area contributed by atoms with E-state index in [0.717, 1.165) is 28.6 Å². The highest BCUT2D eigenvalue weighted by Crippen LogP contribution is 2.44. The molecule has 1 aliphatic rings. The number of fused-ring (bicyclic) bond motifs is 1. The van der Waals surface area contributed by atoms with Crippen molar-refractivity contribution in [1.82, 2.24) is 19.7 Å². The fourth-order valence-corrected chi connectivity index (χ4v) is 3.91. The number of hydrogen-bond donors (Lipinski definition) is 2. The number of alkyl halides is 1. The molecule has 1 aliphatic carbocycles. The summed E-state index contributed by atoms with van der Waals surface area (Å²) >= 11 is 0. The Morgan fingerprint density at radius 3 is 2.70 bits per heavy atom. The van der Waals surface area contributed by atoms with Gasteiger partial charge in [0.2, 0.25) is 0 Å². The molecular weight excluding hydrogens is 381 g/mol. The topological polar surface area (TPSA) is 89.8 Å². The van der Waals surface area contributed by atoms with Gasteiger partial charge in [-0.15, -0.1) is 0 Å². The van der Waals surface area contributed by atoms with Gasteiger partial charge in [0.05, 0.1) is 41.4 Å². The highest BCUT2D eigenvalue weighted by atomic mass is 19.1. The molecule has 1 fully saturated rings. The molecule has 5 rings (SSSR count). The molecular formula is C23H22FN5O. The zero-order valence-corrected chi connectivity index (χ0v) is 16.4. The summed E-state index contributed by atoms with van der Waals surface area (Å²) in [6.07, 6.45) is 3.63. The number of aliphatic hydroxyl groups excluding tert-OH is 1. The Morgan fingerprint density at radius 2 is 1.93 bits per heavy atom. The van der Waals surface area contributed by atoms with Crippen molar-refractivity contribution in [3.05, 3.63) is 72.2 Å². The van der Waals surface area contributed by atoms with Gasteiger partial charge >= 0.3 is 0 Å². The van der Waals surface area contributed by atoms with Gasteiger partial charge in [-0.2, -0.15) is 5.10 Å². The number of pyridine rings is 2. The van der Waals surface area contributed by atoms with Crippen LogP contribution in [0.25, 0.3) is 28.0 Å². The van der Waals surface area contributed by atoms with Gasteiger partial charge in [-0.1, -0.05) is 24.3 Å². The number of aromatic nitrogens is 4. The van der Waals surface area contributed by atoms with E-state index in [1.807, 2.05) is 42.5 Å². The van der Waals surface area contributed by atoms with Crippen LogP contribution in [0.2, 0.25) is 0 Å². The molecule has 6 nitrogen and oxygen atoms in total. The Labute approximate surface area is 173 Å². The number of nitrogens with two attached hydrogens (primary N) is 1. The van der Waals surface area contributed by atoms with Crippen LogP contribution in [0.5, 0.6) is 0 Å². The molecule has 3 N–H and O–H groups in total. The molecule has 0 unspecified atom stereocenters. The van der Waals surface area contributed by atoms with E-state index < -0.39 is 11.7 Å². The van der Waals surface area contributed by atoms with Crippen LogP contribution in [0, 0.1) is 0 Å². The molecule has 152 valence electrons. The van der Waals surface area contributed by atoms with E-state index in [9.17, 15) is 9.50 Å². The maximum atomic E-state index is 14.8. The smallest absolute Gasteiger partial charge is 0.154 e. The van der Waals surface area contributed by atoms with Gasteiger partial charge in [0.15, 0.2) is 5.82 Å². The maximum Gasteiger partial charge on any atom is 0.154 e. The highest BCUT2D eigenvalue weighted by Gasteiger charge is 2.44. The molecule has 0 saturated heterocycles. The van der Waals surface area contributed by atoms with Gasteiger partial charge in [-0.25, -0.2) is 14.1 Å². The van der Waals surface area contributed by atoms with Gasteiger partial charge in [-0.3, -0.25) is 4.98 Å². The molecule has 0 spiro atoms. The first-order valence-electron chi connectivity index (χ1n) is 10.0. The van der Waals surface area contributed by atoms with Crippen LogP contribution in [0.4, 0.5) is 4.39 Å². The summed E-state index contributed by atoms with van der Waals surface area (Å²) in [5.41, 5.74) is 8.49. The number of hydrogen-bond acceptors (Lipinski definition) is 5. The second-order valence-corrected chi connectivity index (χ2v) is 7.79. The summed E-state index contributed by atoms with van der Waals surface area (Å²) in [5, 5.41) is 14.8. The molecule has 0 bridgehead atoms. The second-order valence-electron chi connectivity index (χ2n) is 7.79. The number of nitrogens with zero attached hydrogens (tertiary/aromatic N) is 4. The van der Waals surface area contributed by atoms with Crippen LogP contribution in [-0.2, 0) is 6.61 Å². The molecule has 7 heteroatoms. The van der Waals surface area contributed by atoms with Crippen LogP contribution >= 0.6 is 0 Å². The standard InChI is InChI=1S/C23H22FN5O/c24-23(10-3-11-23)22(25)19-6-2-5-18(28-19)15-8-9-16-13-26-29(20(16)12-15)21-7-1-4-17(14-30)27-21/h1-2,4-9,12-13,22,30H,3,10-11,14,25H2/t22-/m1/s1. The highest BCUT2D eigenvalue weighted by molar-refractivity contribution is 5.84. The van der Waals surface area contributed by atoms with Gasteiger partial charge < -0.3 is 10.8 Å². The fourth-order valence-electron chi connectivity index (χ4n) is 3.91. The van der Waals surface area contributed by atoms with Gasteiger partial charge in [0, 0.05) is 10.9 Å². The summed E-state index contributed by atoms with van der Waals surface area (Å²) in [5.74, 6) is 0.627. The quantitative estimate of drug-likeness (QED) is 0.528. The minimum Gasteiger partial charge on any atom is -0.390 e. The van der Waals surface area contributed by atoms with Gasteiger partial charge in [0.25, 0.3) is 0 Å². The predicted molar refractivity (Wildman–Crippen MR) is 113 cm³/mol. The van der Waals surface area contributed by atoms with Crippen LogP contribution < -0.4 is 5.73 Å². The molecule has 1 aromatic carbocycles. The average molecular weight is 403 g/mol. The average Bonchev–Trinajstić information content (AvgIpc) is 3.20. The summed E-state index contributed by atoms with van der Waals surface area (Å²) in [7, 11) is 0. The summed E-state index contributed by atoms with van der Waals surface area (Å²) in [6.45, 7) is -0.134. The van der Waals surface area contributed by atoms with Crippen molar-refractivity contribution in [3.63, 3.8) is 0 Å². The van der Waals surface area contributed by atoms with Gasteiger partial charge in [0.1, 0.15) is 5.67 Å². The van der Waals surface area contributed by atoms with Crippen molar-refractivity contribution in [1.29, 1.82) is 0 Å². The van der Waals surface area contributed by atoms with Gasteiger partial charge in [-0.05, 0) is 49.6 Å². The Hall–Kier alpha value is -3.16. The maximum absolute atomic E-state index is 14.8. The Kier molecular flexibility index (Phi) is 4.56. The minimum absolute atomic E-state index is 0.134. The van der Waals surface area contributed by atoms with E-state index in [2.05, 4.69) is 15.1 Å². The lowest BCUT2D eigenvalue weighted by molar-refractivity contribution is 0.0327. The largest absolute Gasteiger partial charge is 0.390 e. The zero-order valence-electron chi connectivity index (χ0n) is 16.4. The third-order valence-corrected chi connectivity index (χ3v) is 5.87. The van der Waals surface area contributed by atoms with E-state index in [0.29, 0.717) is 30.0 Å². The molecule has 30 heavy (non-hydrogen) atoms. The number of aliphatic hydroxyl groups is 1. The van der Waals surface area contributed by atoms with Crippen molar-refractivity contribution in [2.45, 2.75) is 37.6 Å². The molecule has 3 aromatic heterocycles. The van der Waals surface area contributed by atoms with Crippen molar-refractivity contribution in [3.8, 4) is 17.1 Å². The van der Waals surface area contributed by atoms with Crippen molar-refractivity contribution < 1.29 is 9.50 Å². The van der Waals surface area contributed by atoms with Crippen molar-refractivity contribution in [2.75, 3.05) is 0 Å². The normalized spacial score (nSPS) is 16.4. The number of benzene rings is 1. The molecule has 0 aliphatic heterocycles. The van der Waals surface area contributed by atoms with Crippen LogP contribution in [0.3, 0.4) is 0 Å². The minimum atomic E-state index is -1.35. The first kappa shape index (κ1) is 18.8. The zero-order chi connectivity index (χ0) is 20.7. The van der Waals surface area contributed by atoms with E-state index in [-0.39, 0.29) is 6.61 Å². The van der Waals surface area contributed by atoms with Crippen LogP contribution in [0.15, 0.2) is 60.8 Å². The summed E-state index contributed by atoms with van der Waals surface area (Å²) in [6, 6.07) is 16.2. The van der Waals surface area contributed by atoms with E-state index in [1.165, 1.54) is 0 Å². The van der Waals surface area contributed by atoms with Crippen LogP contribution in [-0.4, -0.2) is 30.5 Å². The Bertz CT molecular complexity index is 1220. The first-order chi connectivity index (χ1) is 14.6. The third-order valence-electron chi connectivity index (χ3n) is 5.87. The summed E-state index contributed by atoms with van der Waals surface area (Å²) < 4.78 is 16.5. The molecule has 4 aromatic rings. The second kappa shape index (κ2) is 7.27. The molecule has 1 atom stereocenters. The third kappa shape index (κ3) is 3.16. The molecule has 1 saturated carbocycles. The monoisotopic (exact) mass is 403 g/mol. The van der Waals surface area contributed by atoms with Crippen molar-refractivity contribution >= 4 is 10.9 Å². The molecule has 0 radical (unpaired) electrons. The number of rotatable bonds is 5. The lowest BCUT2D eigenvalue weighted by Gasteiger charge is -2.38. The summed E-state index contributed by atoms with van der Waals surface area (Å²) in [4.78, 5) is 9.11. The molecule has 3 heterocycles. The number of halogens is 1. The predicted octanol–water partition coefficient (Wildman–Crippen LogP) is 3.87. The SMILES string of the molecule is N[C@H](c1cccc(-c2ccc3cnn(-c4cccc(CO)n4)c3c2)n1)C1(F)CCC1. The van der Waals surface area contributed by atoms with E-state index in [1.54, 1.807) is 23.0 Å².